The van der Waals surface area contributed by atoms with Crippen LogP contribution in [0.25, 0.3) is 0 Å². The highest BCUT2D eigenvalue weighted by Gasteiger charge is 2.16. The summed E-state index contributed by atoms with van der Waals surface area (Å²) in [5.74, 6) is -0.780. The number of nitrogens with one attached hydrogen (secondary N) is 2. The van der Waals surface area contributed by atoms with Crippen LogP contribution in [0.15, 0.2) is 36.4 Å². The van der Waals surface area contributed by atoms with E-state index in [2.05, 4.69) is 10.6 Å². The van der Waals surface area contributed by atoms with Crippen molar-refractivity contribution >= 4 is 17.3 Å². The number of methoxy groups -OCH3 is 2. The van der Waals surface area contributed by atoms with E-state index in [1.165, 1.54) is 14.2 Å². The van der Waals surface area contributed by atoms with Crippen LogP contribution >= 0.6 is 0 Å². The number of halogens is 2. The standard InChI is InChI=1S/C17H18F2N2O3/c1-10(17(22)21-14-8-11(18)4-6-13(14)19)20-12-5-7-15(23-2)16(9-12)24-3/h4-10,20H,1-3H3,(H,21,22). The first kappa shape index (κ1) is 17.5. The van der Waals surface area contributed by atoms with Gasteiger partial charge < -0.3 is 20.1 Å². The van der Waals surface area contributed by atoms with Gasteiger partial charge in [-0.25, -0.2) is 8.78 Å². The minimum atomic E-state index is -0.705. The molecular formula is C17H18F2N2O3. The average Bonchev–Trinajstić information content (AvgIpc) is 2.57. The Kier molecular flexibility index (Phi) is 5.57. The van der Waals surface area contributed by atoms with Crippen molar-refractivity contribution in [3.05, 3.63) is 48.0 Å². The Morgan fingerprint density at radius 3 is 2.42 bits per heavy atom. The first-order chi connectivity index (χ1) is 11.4. The van der Waals surface area contributed by atoms with E-state index in [0.29, 0.717) is 17.2 Å². The Hall–Kier alpha value is -2.83. The molecule has 2 aromatic rings. The van der Waals surface area contributed by atoms with Gasteiger partial charge in [-0.15, -0.1) is 0 Å². The van der Waals surface area contributed by atoms with Gasteiger partial charge in [-0.05, 0) is 31.2 Å². The van der Waals surface area contributed by atoms with Crippen LogP contribution < -0.4 is 20.1 Å². The summed E-state index contributed by atoms with van der Waals surface area (Å²) in [5, 5.41) is 5.31. The maximum Gasteiger partial charge on any atom is 0.246 e. The molecule has 2 N–H and O–H groups in total. The maximum absolute atomic E-state index is 13.6. The van der Waals surface area contributed by atoms with Crippen LogP contribution in [0.2, 0.25) is 0 Å². The summed E-state index contributed by atoms with van der Waals surface area (Å²) in [6.45, 7) is 1.60. The summed E-state index contributed by atoms with van der Waals surface area (Å²) in [6, 6.07) is 7.26. The van der Waals surface area contributed by atoms with Crippen LogP contribution in [0.5, 0.6) is 11.5 Å². The smallest absolute Gasteiger partial charge is 0.246 e. The second kappa shape index (κ2) is 7.63. The topological polar surface area (TPSA) is 59.6 Å². The summed E-state index contributed by atoms with van der Waals surface area (Å²) in [4.78, 5) is 12.1. The largest absolute Gasteiger partial charge is 0.493 e. The first-order valence-electron chi connectivity index (χ1n) is 7.19. The number of carbonyl (C=O) groups is 1. The molecule has 0 aliphatic heterocycles. The van der Waals surface area contributed by atoms with E-state index in [0.717, 1.165) is 18.2 Å². The molecule has 0 saturated heterocycles. The van der Waals surface area contributed by atoms with Gasteiger partial charge >= 0.3 is 0 Å². The van der Waals surface area contributed by atoms with Crippen LogP contribution in [0.3, 0.4) is 0 Å². The Bertz CT molecular complexity index is 738. The van der Waals surface area contributed by atoms with Gasteiger partial charge in [0.25, 0.3) is 0 Å². The van der Waals surface area contributed by atoms with Crippen molar-refractivity contribution in [2.24, 2.45) is 0 Å². The quantitative estimate of drug-likeness (QED) is 0.849. The fraction of sp³-hybridized carbons (Fsp3) is 0.235. The van der Waals surface area contributed by atoms with Gasteiger partial charge in [-0.3, -0.25) is 4.79 Å². The molecule has 0 aliphatic rings. The normalized spacial score (nSPS) is 11.5. The molecule has 1 amide bonds. The zero-order valence-electron chi connectivity index (χ0n) is 13.5. The monoisotopic (exact) mass is 336 g/mol. The zero-order valence-corrected chi connectivity index (χ0v) is 13.5. The summed E-state index contributed by atoms with van der Waals surface area (Å²) >= 11 is 0. The lowest BCUT2D eigenvalue weighted by atomic mass is 10.2. The Balaban J connectivity index is 2.07. The van der Waals surface area contributed by atoms with Crippen LogP contribution in [0, 0.1) is 11.6 Å². The summed E-state index contributed by atoms with van der Waals surface area (Å²) in [7, 11) is 3.03. The minimum Gasteiger partial charge on any atom is -0.493 e. The summed E-state index contributed by atoms with van der Waals surface area (Å²) < 4.78 is 37.0. The van der Waals surface area contributed by atoms with E-state index in [1.54, 1.807) is 25.1 Å². The molecule has 0 heterocycles. The molecule has 0 aromatic heterocycles. The molecule has 2 rings (SSSR count). The van der Waals surface area contributed by atoms with E-state index < -0.39 is 23.6 Å². The number of carbonyl (C=O) groups excluding carboxylic acids is 1. The molecule has 1 atom stereocenters. The molecule has 2 aromatic carbocycles. The molecule has 0 spiro atoms. The van der Waals surface area contributed by atoms with E-state index in [4.69, 9.17) is 9.47 Å². The van der Waals surface area contributed by atoms with E-state index in [1.807, 2.05) is 0 Å². The highest BCUT2D eigenvalue weighted by Crippen LogP contribution is 2.30. The Morgan fingerprint density at radius 2 is 1.75 bits per heavy atom. The first-order valence-corrected chi connectivity index (χ1v) is 7.19. The third kappa shape index (κ3) is 4.13. The van der Waals surface area contributed by atoms with Crippen molar-refractivity contribution in [1.29, 1.82) is 0 Å². The molecule has 0 radical (unpaired) electrons. The lowest BCUT2D eigenvalue weighted by molar-refractivity contribution is -0.116. The van der Waals surface area contributed by atoms with Crippen molar-refractivity contribution in [2.75, 3.05) is 24.9 Å². The van der Waals surface area contributed by atoms with Crippen LogP contribution in [-0.2, 0) is 4.79 Å². The highest BCUT2D eigenvalue weighted by atomic mass is 19.1. The van der Waals surface area contributed by atoms with Crippen molar-refractivity contribution in [3.8, 4) is 11.5 Å². The maximum atomic E-state index is 13.6. The molecule has 0 aliphatic carbocycles. The SMILES string of the molecule is COc1ccc(NC(C)C(=O)Nc2cc(F)ccc2F)cc1OC. The molecule has 7 heteroatoms. The number of rotatable bonds is 6. The van der Waals surface area contributed by atoms with Crippen LogP contribution in [0.1, 0.15) is 6.92 Å². The molecule has 5 nitrogen and oxygen atoms in total. The molecule has 24 heavy (non-hydrogen) atoms. The van der Waals surface area contributed by atoms with Gasteiger partial charge in [0.2, 0.25) is 5.91 Å². The average molecular weight is 336 g/mol. The van der Waals surface area contributed by atoms with Gasteiger partial charge in [0.1, 0.15) is 17.7 Å². The number of anilines is 2. The van der Waals surface area contributed by atoms with Gasteiger partial charge in [-0.2, -0.15) is 0 Å². The van der Waals surface area contributed by atoms with Crippen molar-refractivity contribution in [2.45, 2.75) is 13.0 Å². The van der Waals surface area contributed by atoms with E-state index >= 15 is 0 Å². The van der Waals surface area contributed by atoms with Crippen molar-refractivity contribution < 1.29 is 23.0 Å². The van der Waals surface area contributed by atoms with Crippen molar-refractivity contribution in [3.63, 3.8) is 0 Å². The zero-order chi connectivity index (χ0) is 17.7. The fourth-order valence-electron chi connectivity index (χ4n) is 2.08. The molecule has 0 fully saturated rings. The van der Waals surface area contributed by atoms with E-state index in [-0.39, 0.29) is 5.69 Å². The molecule has 0 saturated carbocycles. The number of hydrogen-bond donors (Lipinski definition) is 2. The van der Waals surface area contributed by atoms with Gasteiger partial charge in [0.05, 0.1) is 19.9 Å². The Morgan fingerprint density at radius 1 is 1.04 bits per heavy atom. The summed E-state index contributed by atoms with van der Waals surface area (Å²) in [6.07, 6.45) is 0. The van der Waals surface area contributed by atoms with Crippen molar-refractivity contribution in [1.82, 2.24) is 0 Å². The van der Waals surface area contributed by atoms with E-state index in [9.17, 15) is 13.6 Å². The second-order valence-electron chi connectivity index (χ2n) is 5.05. The molecule has 128 valence electrons. The van der Waals surface area contributed by atoms with Gasteiger partial charge in [-0.1, -0.05) is 0 Å². The molecule has 1 unspecified atom stereocenters. The lowest BCUT2D eigenvalue weighted by Gasteiger charge is -2.17. The van der Waals surface area contributed by atoms with Crippen LogP contribution in [-0.4, -0.2) is 26.2 Å². The second-order valence-corrected chi connectivity index (χ2v) is 5.05. The highest BCUT2D eigenvalue weighted by molar-refractivity contribution is 5.96. The van der Waals surface area contributed by atoms with Gasteiger partial charge in [0.15, 0.2) is 11.5 Å². The predicted octanol–water partition coefficient (Wildman–Crippen LogP) is 3.42. The fourth-order valence-corrected chi connectivity index (χ4v) is 2.08. The van der Waals surface area contributed by atoms with Gasteiger partial charge in [0, 0.05) is 17.8 Å². The van der Waals surface area contributed by atoms with Crippen LogP contribution in [0.4, 0.5) is 20.2 Å². The third-order valence-corrected chi connectivity index (χ3v) is 3.35. The lowest BCUT2D eigenvalue weighted by Crippen LogP contribution is -2.32. The number of hydrogen-bond acceptors (Lipinski definition) is 4. The number of ether oxygens (including phenoxy) is 2. The minimum absolute atomic E-state index is 0.207. The predicted molar refractivity (Wildman–Crippen MR) is 87.6 cm³/mol. The molecular weight excluding hydrogens is 318 g/mol. The Labute approximate surface area is 138 Å². The molecule has 0 bridgehead atoms. The summed E-state index contributed by atoms with van der Waals surface area (Å²) in [5.41, 5.74) is 0.413. The number of benzene rings is 2. The third-order valence-electron chi connectivity index (χ3n) is 3.35. The number of amides is 1.